The summed E-state index contributed by atoms with van der Waals surface area (Å²) in [6, 6.07) is 2.21. The van der Waals surface area contributed by atoms with Gasteiger partial charge in [-0.05, 0) is 43.7 Å². The molecule has 1 aliphatic carbocycles. The number of thiophene rings is 1. The monoisotopic (exact) mass is 276 g/mol. The molecule has 2 heterocycles. The number of hydrogen-bond acceptors (Lipinski definition) is 5. The lowest BCUT2D eigenvalue weighted by Gasteiger charge is -2.15. The van der Waals surface area contributed by atoms with Crippen molar-refractivity contribution in [2.75, 3.05) is 18.4 Å². The molecule has 0 radical (unpaired) electrons. The van der Waals surface area contributed by atoms with Gasteiger partial charge in [-0.15, -0.1) is 11.3 Å². The van der Waals surface area contributed by atoms with Crippen molar-refractivity contribution >= 4 is 27.4 Å². The molecule has 0 spiro atoms. The Hall–Kier alpha value is -1.20. The van der Waals surface area contributed by atoms with Gasteiger partial charge in [-0.2, -0.15) is 0 Å². The second-order valence-corrected chi connectivity index (χ2v) is 6.51. The van der Waals surface area contributed by atoms with Gasteiger partial charge in [0.25, 0.3) is 0 Å². The molecule has 0 aromatic carbocycles. The van der Waals surface area contributed by atoms with Gasteiger partial charge < -0.3 is 11.1 Å². The Balaban J connectivity index is 1.79. The van der Waals surface area contributed by atoms with Crippen LogP contribution in [0.15, 0.2) is 12.4 Å². The van der Waals surface area contributed by atoms with Gasteiger partial charge in [0.1, 0.15) is 17.0 Å². The molecule has 5 heteroatoms. The first-order valence-electron chi connectivity index (χ1n) is 6.94. The van der Waals surface area contributed by atoms with E-state index in [2.05, 4.69) is 28.3 Å². The second kappa shape index (κ2) is 5.06. The number of anilines is 1. The smallest absolute Gasteiger partial charge is 0.138 e. The van der Waals surface area contributed by atoms with Crippen LogP contribution >= 0.6 is 11.3 Å². The maximum absolute atomic E-state index is 5.68. The highest BCUT2D eigenvalue weighted by Gasteiger charge is 2.41. The normalized spacial score (nSPS) is 16.7. The van der Waals surface area contributed by atoms with E-state index in [1.165, 1.54) is 17.7 Å². The summed E-state index contributed by atoms with van der Waals surface area (Å²) in [4.78, 5) is 11.2. The Morgan fingerprint density at radius 1 is 1.42 bits per heavy atom. The third-order valence-electron chi connectivity index (χ3n) is 3.99. The second-order valence-electron chi connectivity index (χ2n) is 5.40. The minimum atomic E-state index is 0.426. The number of aryl methyl sites for hydroxylation is 1. The fourth-order valence-electron chi connectivity index (χ4n) is 2.49. The summed E-state index contributed by atoms with van der Waals surface area (Å²) < 4.78 is 0. The number of fused-ring (bicyclic) bond motifs is 1. The number of rotatable bonds is 6. The van der Waals surface area contributed by atoms with E-state index in [1.807, 2.05) is 0 Å². The molecule has 0 amide bonds. The van der Waals surface area contributed by atoms with Crippen LogP contribution in [0.4, 0.5) is 5.82 Å². The zero-order chi connectivity index (χ0) is 13.3. The summed E-state index contributed by atoms with van der Waals surface area (Å²) in [5, 5.41) is 4.67. The molecular formula is C14H20N4S. The van der Waals surface area contributed by atoms with E-state index in [9.17, 15) is 0 Å². The van der Waals surface area contributed by atoms with Crippen molar-refractivity contribution in [1.82, 2.24) is 9.97 Å². The molecule has 2 aromatic rings. The quantitative estimate of drug-likeness (QED) is 0.851. The summed E-state index contributed by atoms with van der Waals surface area (Å²) in [5.74, 6) is 0.976. The van der Waals surface area contributed by atoms with Gasteiger partial charge in [-0.1, -0.05) is 6.92 Å². The van der Waals surface area contributed by atoms with Gasteiger partial charge in [0.2, 0.25) is 0 Å². The van der Waals surface area contributed by atoms with Gasteiger partial charge in [-0.3, -0.25) is 0 Å². The Morgan fingerprint density at radius 3 is 2.95 bits per heavy atom. The standard InChI is InChI=1S/C14H20N4S/c1-2-10-7-11-12(17-9-18-13(11)19-10)16-8-14(3-4-14)5-6-15/h7,9H,2-6,8,15H2,1H3,(H,16,17,18). The average Bonchev–Trinajstić information content (AvgIpc) is 3.04. The molecule has 4 nitrogen and oxygen atoms in total. The molecule has 0 atom stereocenters. The minimum Gasteiger partial charge on any atom is -0.369 e. The van der Waals surface area contributed by atoms with Crippen molar-refractivity contribution < 1.29 is 0 Å². The molecule has 0 unspecified atom stereocenters. The summed E-state index contributed by atoms with van der Waals surface area (Å²) in [6.45, 7) is 3.93. The molecular weight excluding hydrogens is 256 g/mol. The van der Waals surface area contributed by atoms with Crippen LogP contribution in [0.2, 0.25) is 0 Å². The first-order valence-corrected chi connectivity index (χ1v) is 7.75. The number of aromatic nitrogens is 2. The molecule has 1 fully saturated rings. The molecule has 0 bridgehead atoms. The van der Waals surface area contributed by atoms with Crippen molar-refractivity contribution in [3.05, 3.63) is 17.3 Å². The van der Waals surface area contributed by atoms with Crippen LogP contribution < -0.4 is 11.1 Å². The van der Waals surface area contributed by atoms with Crippen LogP contribution in [0.25, 0.3) is 10.2 Å². The van der Waals surface area contributed by atoms with Gasteiger partial charge in [0.15, 0.2) is 0 Å². The first kappa shape index (κ1) is 12.8. The van der Waals surface area contributed by atoms with E-state index in [4.69, 9.17) is 5.73 Å². The average molecular weight is 276 g/mol. The van der Waals surface area contributed by atoms with E-state index in [0.717, 1.165) is 42.0 Å². The Morgan fingerprint density at radius 2 is 2.26 bits per heavy atom. The molecule has 0 saturated heterocycles. The van der Waals surface area contributed by atoms with Crippen LogP contribution in [0.1, 0.15) is 31.1 Å². The Kier molecular flexibility index (Phi) is 3.41. The number of nitrogens with zero attached hydrogens (tertiary/aromatic N) is 2. The Labute approximate surface area is 117 Å². The highest BCUT2D eigenvalue weighted by molar-refractivity contribution is 7.18. The summed E-state index contributed by atoms with van der Waals surface area (Å²) in [5.41, 5.74) is 6.11. The van der Waals surface area contributed by atoms with E-state index >= 15 is 0 Å². The third-order valence-corrected chi connectivity index (χ3v) is 5.18. The van der Waals surface area contributed by atoms with E-state index in [0.29, 0.717) is 5.41 Å². The summed E-state index contributed by atoms with van der Waals surface area (Å²) in [6.07, 6.45) is 6.39. The zero-order valence-corrected chi connectivity index (χ0v) is 12.1. The first-order chi connectivity index (χ1) is 9.26. The van der Waals surface area contributed by atoms with Gasteiger partial charge in [0.05, 0.1) is 5.39 Å². The molecule has 1 aliphatic rings. The largest absolute Gasteiger partial charge is 0.369 e. The van der Waals surface area contributed by atoms with Crippen LogP contribution in [0, 0.1) is 5.41 Å². The highest BCUT2D eigenvalue weighted by Crippen LogP contribution is 2.48. The fourth-order valence-corrected chi connectivity index (χ4v) is 3.42. The predicted octanol–water partition coefficient (Wildman–Crippen LogP) is 2.79. The fraction of sp³-hybridized carbons (Fsp3) is 0.571. The zero-order valence-electron chi connectivity index (χ0n) is 11.3. The van der Waals surface area contributed by atoms with Crippen LogP contribution in [-0.2, 0) is 6.42 Å². The molecule has 3 rings (SSSR count). The van der Waals surface area contributed by atoms with Gasteiger partial charge in [-0.25, -0.2) is 9.97 Å². The van der Waals surface area contributed by atoms with Crippen LogP contribution in [-0.4, -0.2) is 23.1 Å². The highest BCUT2D eigenvalue weighted by atomic mass is 32.1. The van der Waals surface area contributed by atoms with Crippen molar-refractivity contribution in [1.29, 1.82) is 0 Å². The predicted molar refractivity (Wildman–Crippen MR) is 80.6 cm³/mol. The van der Waals surface area contributed by atoms with Gasteiger partial charge >= 0.3 is 0 Å². The summed E-state index contributed by atoms with van der Waals surface area (Å²) in [7, 11) is 0. The lowest BCUT2D eigenvalue weighted by Crippen LogP contribution is -2.19. The maximum atomic E-state index is 5.68. The topological polar surface area (TPSA) is 63.8 Å². The molecule has 2 aromatic heterocycles. The summed E-state index contributed by atoms with van der Waals surface area (Å²) >= 11 is 1.76. The van der Waals surface area contributed by atoms with E-state index in [-0.39, 0.29) is 0 Å². The third kappa shape index (κ3) is 2.58. The molecule has 3 N–H and O–H groups in total. The van der Waals surface area contributed by atoms with Crippen molar-refractivity contribution in [3.8, 4) is 0 Å². The van der Waals surface area contributed by atoms with Crippen LogP contribution in [0.5, 0.6) is 0 Å². The molecule has 19 heavy (non-hydrogen) atoms. The molecule has 1 saturated carbocycles. The van der Waals surface area contributed by atoms with Crippen molar-refractivity contribution in [2.24, 2.45) is 11.1 Å². The lowest BCUT2D eigenvalue weighted by molar-refractivity contribution is 0.501. The molecule has 0 aliphatic heterocycles. The van der Waals surface area contributed by atoms with Crippen molar-refractivity contribution in [2.45, 2.75) is 32.6 Å². The van der Waals surface area contributed by atoms with E-state index in [1.54, 1.807) is 17.7 Å². The Bertz CT molecular complexity index is 574. The minimum absolute atomic E-state index is 0.426. The van der Waals surface area contributed by atoms with Crippen molar-refractivity contribution in [3.63, 3.8) is 0 Å². The molecule has 102 valence electrons. The maximum Gasteiger partial charge on any atom is 0.138 e. The van der Waals surface area contributed by atoms with Gasteiger partial charge in [0, 0.05) is 11.4 Å². The number of nitrogens with two attached hydrogens (primary N) is 1. The lowest BCUT2D eigenvalue weighted by atomic mass is 10.0. The van der Waals surface area contributed by atoms with E-state index < -0.39 is 0 Å². The van der Waals surface area contributed by atoms with Crippen LogP contribution in [0.3, 0.4) is 0 Å². The number of nitrogens with one attached hydrogen (secondary N) is 1. The number of hydrogen-bond donors (Lipinski definition) is 2. The SMILES string of the molecule is CCc1cc2c(NCC3(CCN)CC3)ncnc2s1.